The SMILES string of the molecule is C[C@@H](OC(=O)CN1C(=O)CN(C)C1=O)C(=O)Nc1ccc(F)c(F)c1F. The molecule has 1 N–H and O–H groups in total. The van der Waals surface area contributed by atoms with Crippen molar-refractivity contribution in [3.05, 3.63) is 29.6 Å². The molecule has 1 fully saturated rings. The molecule has 1 aliphatic heterocycles. The van der Waals surface area contributed by atoms with Crippen LogP contribution in [-0.4, -0.2) is 59.9 Å². The highest BCUT2D eigenvalue weighted by molar-refractivity contribution is 6.04. The number of likely N-dealkylation sites (N-methyl/N-ethyl adjacent to an activating group) is 1. The Morgan fingerprint density at radius 1 is 1.23 bits per heavy atom. The molecule has 140 valence electrons. The van der Waals surface area contributed by atoms with Gasteiger partial charge in [-0.25, -0.2) is 18.0 Å². The van der Waals surface area contributed by atoms with Crippen LogP contribution in [-0.2, 0) is 19.1 Å². The Labute approximate surface area is 145 Å². The minimum absolute atomic E-state index is 0.183. The molecule has 0 unspecified atom stereocenters. The van der Waals surface area contributed by atoms with Crippen molar-refractivity contribution in [3.63, 3.8) is 0 Å². The van der Waals surface area contributed by atoms with Gasteiger partial charge in [-0.2, -0.15) is 0 Å². The van der Waals surface area contributed by atoms with Gasteiger partial charge in [-0.15, -0.1) is 0 Å². The van der Waals surface area contributed by atoms with Crippen molar-refractivity contribution in [2.75, 3.05) is 25.5 Å². The number of nitrogens with one attached hydrogen (secondary N) is 1. The van der Waals surface area contributed by atoms with E-state index in [2.05, 4.69) is 0 Å². The predicted molar refractivity (Wildman–Crippen MR) is 80.2 cm³/mol. The molecule has 0 radical (unpaired) electrons. The molecule has 1 saturated heterocycles. The lowest BCUT2D eigenvalue weighted by molar-refractivity contribution is -0.154. The van der Waals surface area contributed by atoms with E-state index in [1.807, 2.05) is 5.32 Å². The fourth-order valence-corrected chi connectivity index (χ4v) is 2.10. The summed E-state index contributed by atoms with van der Waals surface area (Å²) in [6, 6.07) is 0.733. The minimum Gasteiger partial charge on any atom is -0.451 e. The van der Waals surface area contributed by atoms with Crippen LogP contribution < -0.4 is 5.32 Å². The van der Waals surface area contributed by atoms with E-state index in [9.17, 15) is 32.3 Å². The van der Waals surface area contributed by atoms with Crippen LogP contribution >= 0.6 is 0 Å². The molecule has 1 atom stereocenters. The number of carbonyl (C=O) groups excluding carboxylic acids is 4. The number of nitrogens with zero attached hydrogens (tertiary/aromatic N) is 2. The number of urea groups is 1. The summed E-state index contributed by atoms with van der Waals surface area (Å²) in [4.78, 5) is 48.6. The molecular weight excluding hydrogens is 359 g/mol. The lowest BCUT2D eigenvalue weighted by Crippen LogP contribution is -2.39. The van der Waals surface area contributed by atoms with Crippen LogP contribution in [0.15, 0.2) is 12.1 Å². The first-order chi connectivity index (χ1) is 12.1. The third-order valence-electron chi connectivity index (χ3n) is 3.49. The highest BCUT2D eigenvalue weighted by Crippen LogP contribution is 2.20. The number of carbonyl (C=O) groups is 4. The van der Waals surface area contributed by atoms with E-state index in [4.69, 9.17) is 4.74 Å². The van der Waals surface area contributed by atoms with Gasteiger partial charge in [0.05, 0.1) is 5.69 Å². The van der Waals surface area contributed by atoms with Gasteiger partial charge in [0.25, 0.3) is 11.8 Å². The van der Waals surface area contributed by atoms with Crippen molar-refractivity contribution in [3.8, 4) is 0 Å². The molecule has 1 aromatic carbocycles. The van der Waals surface area contributed by atoms with E-state index < -0.39 is 59.6 Å². The monoisotopic (exact) mass is 373 g/mol. The molecule has 0 spiro atoms. The van der Waals surface area contributed by atoms with Crippen LogP contribution in [0.2, 0.25) is 0 Å². The maximum Gasteiger partial charge on any atom is 0.327 e. The maximum atomic E-state index is 13.5. The van der Waals surface area contributed by atoms with Crippen molar-refractivity contribution in [2.45, 2.75) is 13.0 Å². The molecule has 0 bridgehead atoms. The fraction of sp³-hybridized carbons (Fsp3) is 0.333. The third-order valence-corrected chi connectivity index (χ3v) is 3.49. The molecule has 0 aromatic heterocycles. The Morgan fingerprint density at radius 3 is 2.46 bits per heavy atom. The number of benzene rings is 1. The second-order valence-corrected chi connectivity index (χ2v) is 5.46. The summed E-state index contributed by atoms with van der Waals surface area (Å²) in [6.07, 6.45) is -1.44. The average molecular weight is 373 g/mol. The van der Waals surface area contributed by atoms with Crippen LogP contribution in [0.25, 0.3) is 0 Å². The standard InChI is InChI=1S/C15H14F3N3O5/c1-7(14(24)19-9-4-3-8(16)12(17)13(9)18)26-11(23)6-21-10(22)5-20(2)15(21)25/h3-4,7H,5-6H2,1-2H3,(H,19,24)/t7-/m1/s1. The smallest absolute Gasteiger partial charge is 0.327 e. The van der Waals surface area contributed by atoms with Crippen LogP contribution in [0.1, 0.15) is 6.92 Å². The number of amides is 4. The quantitative estimate of drug-likeness (QED) is 0.469. The van der Waals surface area contributed by atoms with Crippen LogP contribution in [0, 0.1) is 17.5 Å². The summed E-state index contributed by atoms with van der Waals surface area (Å²) in [6.45, 7) is 0.265. The molecule has 1 aromatic rings. The fourth-order valence-electron chi connectivity index (χ4n) is 2.10. The number of hydrogen-bond donors (Lipinski definition) is 1. The second-order valence-electron chi connectivity index (χ2n) is 5.46. The van der Waals surface area contributed by atoms with Gasteiger partial charge in [-0.05, 0) is 19.1 Å². The van der Waals surface area contributed by atoms with Gasteiger partial charge in [0.15, 0.2) is 23.6 Å². The molecule has 0 aliphatic carbocycles. The molecule has 4 amide bonds. The van der Waals surface area contributed by atoms with Crippen molar-refractivity contribution in [1.82, 2.24) is 9.80 Å². The summed E-state index contributed by atoms with van der Waals surface area (Å²) in [7, 11) is 1.37. The zero-order valence-electron chi connectivity index (χ0n) is 13.7. The van der Waals surface area contributed by atoms with E-state index in [1.165, 1.54) is 7.05 Å². The minimum atomic E-state index is -1.76. The van der Waals surface area contributed by atoms with Gasteiger partial charge in [0, 0.05) is 7.05 Å². The Bertz CT molecular complexity index is 786. The van der Waals surface area contributed by atoms with Gasteiger partial charge < -0.3 is 15.0 Å². The zero-order chi connectivity index (χ0) is 19.6. The third kappa shape index (κ3) is 3.92. The van der Waals surface area contributed by atoms with Crippen molar-refractivity contribution < 1.29 is 37.1 Å². The van der Waals surface area contributed by atoms with Crippen molar-refractivity contribution in [2.24, 2.45) is 0 Å². The number of halogens is 3. The van der Waals surface area contributed by atoms with E-state index in [1.54, 1.807) is 0 Å². The van der Waals surface area contributed by atoms with Crippen LogP contribution in [0.3, 0.4) is 0 Å². The lowest BCUT2D eigenvalue weighted by Gasteiger charge is -2.17. The number of rotatable bonds is 5. The summed E-state index contributed by atoms with van der Waals surface area (Å²) in [5, 5.41) is 1.95. The number of imide groups is 1. The first kappa shape index (κ1) is 19.2. The van der Waals surface area contributed by atoms with Gasteiger partial charge in [0.1, 0.15) is 13.1 Å². The maximum absolute atomic E-state index is 13.5. The Balaban J connectivity index is 1.95. The Morgan fingerprint density at radius 2 is 1.88 bits per heavy atom. The first-order valence-corrected chi connectivity index (χ1v) is 7.31. The molecule has 1 heterocycles. The number of ether oxygens (including phenoxy) is 1. The highest BCUT2D eigenvalue weighted by Gasteiger charge is 2.35. The molecule has 11 heteroatoms. The zero-order valence-corrected chi connectivity index (χ0v) is 13.7. The first-order valence-electron chi connectivity index (χ1n) is 7.31. The molecule has 8 nitrogen and oxygen atoms in total. The summed E-state index contributed by atoms with van der Waals surface area (Å²) in [5.41, 5.74) is -0.636. The largest absolute Gasteiger partial charge is 0.451 e. The number of esters is 1. The molecule has 26 heavy (non-hydrogen) atoms. The molecule has 0 saturated carbocycles. The number of anilines is 1. The van der Waals surface area contributed by atoms with Gasteiger partial charge in [-0.1, -0.05) is 0 Å². The van der Waals surface area contributed by atoms with Gasteiger partial charge in [-0.3, -0.25) is 19.3 Å². The predicted octanol–water partition coefficient (Wildman–Crippen LogP) is 0.868. The highest BCUT2D eigenvalue weighted by atomic mass is 19.2. The summed E-state index contributed by atoms with van der Waals surface area (Å²) < 4.78 is 44.3. The topological polar surface area (TPSA) is 96.0 Å². The van der Waals surface area contributed by atoms with E-state index >= 15 is 0 Å². The van der Waals surface area contributed by atoms with Gasteiger partial charge in [0.2, 0.25) is 0 Å². The van der Waals surface area contributed by atoms with Crippen LogP contribution in [0.5, 0.6) is 0 Å². The molecule has 2 rings (SSSR count). The lowest BCUT2D eigenvalue weighted by atomic mass is 10.2. The Hall–Kier alpha value is -3.11. The van der Waals surface area contributed by atoms with E-state index in [0.29, 0.717) is 11.0 Å². The van der Waals surface area contributed by atoms with Crippen molar-refractivity contribution >= 4 is 29.5 Å². The van der Waals surface area contributed by atoms with Crippen LogP contribution in [0.4, 0.5) is 23.7 Å². The average Bonchev–Trinajstić information content (AvgIpc) is 2.81. The van der Waals surface area contributed by atoms with Gasteiger partial charge >= 0.3 is 12.0 Å². The number of hydrogen-bond acceptors (Lipinski definition) is 5. The van der Waals surface area contributed by atoms with Crippen molar-refractivity contribution in [1.29, 1.82) is 0 Å². The summed E-state index contributed by atoms with van der Waals surface area (Å²) in [5.74, 6) is -7.45. The van der Waals surface area contributed by atoms with E-state index in [0.717, 1.165) is 17.9 Å². The Kier molecular flexibility index (Phi) is 5.48. The molecule has 1 aliphatic rings. The second kappa shape index (κ2) is 7.42. The normalized spacial score (nSPS) is 15.3. The molecular formula is C15H14F3N3O5. The van der Waals surface area contributed by atoms with E-state index in [-0.39, 0.29) is 6.54 Å². The summed E-state index contributed by atoms with van der Waals surface area (Å²) >= 11 is 0.